The lowest BCUT2D eigenvalue weighted by Crippen LogP contribution is -2.16. The zero-order valence-electron chi connectivity index (χ0n) is 11.6. The quantitative estimate of drug-likeness (QED) is 0.842. The third-order valence-electron chi connectivity index (χ3n) is 2.89. The van der Waals surface area contributed by atoms with Crippen molar-refractivity contribution in [2.75, 3.05) is 13.6 Å². The summed E-state index contributed by atoms with van der Waals surface area (Å²) < 4.78 is 0. The minimum atomic E-state index is 0.961. The van der Waals surface area contributed by atoms with Gasteiger partial charge >= 0.3 is 0 Å². The Bertz CT molecular complexity index is 481. The van der Waals surface area contributed by atoms with Gasteiger partial charge in [0.15, 0.2) is 0 Å². The Morgan fingerprint density at radius 2 is 1.84 bits per heavy atom. The summed E-state index contributed by atoms with van der Waals surface area (Å²) in [6.07, 6.45) is 3.70. The van der Waals surface area contributed by atoms with Crippen molar-refractivity contribution in [3.05, 3.63) is 52.0 Å². The van der Waals surface area contributed by atoms with Gasteiger partial charge in [-0.3, -0.25) is 9.88 Å². The second kappa shape index (κ2) is 7.38. The van der Waals surface area contributed by atoms with Gasteiger partial charge in [0.2, 0.25) is 0 Å². The third-order valence-corrected chi connectivity index (χ3v) is 3.96. The highest BCUT2D eigenvalue weighted by Crippen LogP contribution is 2.18. The third kappa shape index (κ3) is 4.74. The van der Waals surface area contributed by atoms with Crippen LogP contribution in [0.25, 0.3) is 0 Å². The van der Waals surface area contributed by atoms with Crippen molar-refractivity contribution >= 4 is 11.3 Å². The highest BCUT2D eigenvalue weighted by Gasteiger charge is 2.04. The Morgan fingerprint density at radius 3 is 2.58 bits per heavy atom. The van der Waals surface area contributed by atoms with Crippen LogP contribution in [-0.2, 0) is 19.6 Å². The molecule has 0 spiro atoms. The van der Waals surface area contributed by atoms with E-state index >= 15 is 0 Å². The Kier molecular flexibility index (Phi) is 5.51. The number of rotatable bonds is 7. The van der Waals surface area contributed by atoms with E-state index < -0.39 is 0 Å². The van der Waals surface area contributed by atoms with Crippen molar-refractivity contribution in [3.8, 4) is 0 Å². The molecule has 0 fully saturated rings. The topological polar surface area (TPSA) is 28.2 Å². The van der Waals surface area contributed by atoms with Crippen LogP contribution in [0.3, 0.4) is 0 Å². The minimum absolute atomic E-state index is 0.961. The van der Waals surface area contributed by atoms with E-state index in [4.69, 9.17) is 0 Å². The van der Waals surface area contributed by atoms with Gasteiger partial charge < -0.3 is 5.32 Å². The summed E-state index contributed by atoms with van der Waals surface area (Å²) >= 11 is 1.90. The number of nitrogens with one attached hydrogen (secondary N) is 1. The molecule has 2 heterocycles. The molecule has 2 rings (SSSR count). The number of pyridine rings is 1. The molecule has 2 aromatic rings. The van der Waals surface area contributed by atoms with Crippen LogP contribution in [0.5, 0.6) is 0 Å². The molecule has 19 heavy (non-hydrogen) atoms. The Hall–Kier alpha value is -1.23. The molecule has 0 aliphatic heterocycles. The second-order valence-electron chi connectivity index (χ2n) is 4.68. The molecule has 0 saturated heterocycles. The highest BCUT2D eigenvalue weighted by molar-refractivity contribution is 7.11. The average Bonchev–Trinajstić information content (AvgIpc) is 2.85. The second-order valence-corrected chi connectivity index (χ2v) is 5.93. The smallest absolute Gasteiger partial charge is 0.0328 e. The van der Waals surface area contributed by atoms with E-state index in [2.05, 4.69) is 53.4 Å². The van der Waals surface area contributed by atoms with Crippen LogP contribution in [0, 0.1) is 0 Å². The number of thiophene rings is 1. The summed E-state index contributed by atoms with van der Waals surface area (Å²) in [6.45, 7) is 6.10. The summed E-state index contributed by atoms with van der Waals surface area (Å²) in [7, 11) is 2.16. The first-order valence-corrected chi connectivity index (χ1v) is 7.45. The standard InChI is InChI=1S/C15H21N3S/c1-3-16-10-14-4-5-15(19-14)12-18(2)11-13-6-8-17-9-7-13/h4-9,16H,3,10-12H2,1-2H3. The van der Waals surface area contributed by atoms with Gasteiger partial charge in [-0.05, 0) is 43.4 Å². The van der Waals surface area contributed by atoms with Gasteiger partial charge in [-0.15, -0.1) is 11.3 Å². The SMILES string of the molecule is CCNCc1ccc(CN(C)Cc2ccncc2)s1. The van der Waals surface area contributed by atoms with E-state index in [1.165, 1.54) is 15.3 Å². The largest absolute Gasteiger partial charge is 0.312 e. The van der Waals surface area contributed by atoms with Gasteiger partial charge in [0, 0.05) is 41.8 Å². The summed E-state index contributed by atoms with van der Waals surface area (Å²) in [4.78, 5) is 9.21. The van der Waals surface area contributed by atoms with Gasteiger partial charge in [0.25, 0.3) is 0 Å². The van der Waals surface area contributed by atoms with E-state index in [0.29, 0.717) is 0 Å². The van der Waals surface area contributed by atoms with Gasteiger partial charge in [-0.2, -0.15) is 0 Å². The fraction of sp³-hybridized carbons (Fsp3) is 0.400. The molecular weight excluding hydrogens is 254 g/mol. The maximum absolute atomic E-state index is 4.05. The number of hydrogen-bond donors (Lipinski definition) is 1. The van der Waals surface area contributed by atoms with Crippen LogP contribution in [-0.4, -0.2) is 23.5 Å². The van der Waals surface area contributed by atoms with Crippen molar-refractivity contribution in [1.82, 2.24) is 15.2 Å². The monoisotopic (exact) mass is 275 g/mol. The molecule has 1 N–H and O–H groups in total. The molecule has 0 unspecified atom stereocenters. The number of nitrogens with zero attached hydrogens (tertiary/aromatic N) is 2. The Morgan fingerprint density at radius 1 is 1.11 bits per heavy atom. The van der Waals surface area contributed by atoms with Gasteiger partial charge in [-0.1, -0.05) is 6.92 Å². The molecular formula is C15H21N3S. The van der Waals surface area contributed by atoms with E-state index in [1.807, 2.05) is 23.7 Å². The highest BCUT2D eigenvalue weighted by atomic mass is 32.1. The fourth-order valence-electron chi connectivity index (χ4n) is 1.97. The molecule has 0 aliphatic rings. The van der Waals surface area contributed by atoms with Crippen molar-refractivity contribution in [1.29, 1.82) is 0 Å². The lowest BCUT2D eigenvalue weighted by atomic mass is 10.2. The molecule has 0 atom stereocenters. The van der Waals surface area contributed by atoms with Crippen molar-refractivity contribution < 1.29 is 0 Å². The van der Waals surface area contributed by atoms with Crippen LogP contribution in [0.1, 0.15) is 22.2 Å². The molecule has 0 aromatic carbocycles. The molecule has 4 heteroatoms. The zero-order valence-corrected chi connectivity index (χ0v) is 12.4. The maximum atomic E-state index is 4.05. The first kappa shape index (κ1) is 14.2. The Labute approximate surface area is 119 Å². The van der Waals surface area contributed by atoms with Gasteiger partial charge in [-0.25, -0.2) is 0 Å². The normalized spacial score (nSPS) is 11.1. The van der Waals surface area contributed by atoms with Gasteiger partial charge in [0.1, 0.15) is 0 Å². The number of aromatic nitrogens is 1. The first-order valence-electron chi connectivity index (χ1n) is 6.63. The van der Waals surface area contributed by atoms with Crippen LogP contribution in [0.15, 0.2) is 36.7 Å². The van der Waals surface area contributed by atoms with E-state index in [9.17, 15) is 0 Å². The van der Waals surface area contributed by atoms with Crippen molar-refractivity contribution in [3.63, 3.8) is 0 Å². The maximum Gasteiger partial charge on any atom is 0.0328 e. The van der Waals surface area contributed by atoms with Crippen LogP contribution in [0.4, 0.5) is 0 Å². The summed E-state index contributed by atoms with van der Waals surface area (Å²) in [5.41, 5.74) is 1.31. The Balaban J connectivity index is 1.85. The molecule has 0 radical (unpaired) electrons. The summed E-state index contributed by atoms with van der Waals surface area (Å²) in [5.74, 6) is 0. The van der Waals surface area contributed by atoms with Crippen LogP contribution in [0.2, 0.25) is 0 Å². The van der Waals surface area contributed by atoms with E-state index in [1.54, 1.807) is 0 Å². The molecule has 2 aromatic heterocycles. The predicted molar refractivity (Wildman–Crippen MR) is 81.1 cm³/mol. The predicted octanol–water partition coefficient (Wildman–Crippen LogP) is 2.88. The molecule has 0 bridgehead atoms. The molecule has 0 aliphatic carbocycles. The van der Waals surface area contributed by atoms with E-state index in [0.717, 1.165) is 26.2 Å². The van der Waals surface area contributed by atoms with Crippen molar-refractivity contribution in [2.45, 2.75) is 26.6 Å². The molecule has 0 amide bonds. The zero-order chi connectivity index (χ0) is 13.5. The summed E-state index contributed by atoms with van der Waals surface area (Å²) in [6, 6.07) is 8.60. The summed E-state index contributed by atoms with van der Waals surface area (Å²) in [5, 5.41) is 3.36. The van der Waals surface area contributed by atoms with E-state index in [-0.39, 0.29) is 0 Å². The average molecular weight is 275 g/mol. The van der Waals surface area contributed by atoms with Crippen LogP contribution >= 0.6 is 11.3 Å². The van der Waals surface area contributed by atoms with Crippen LogP contribution < -0.4 is 5.32 Å². The first-order chi connectivity index (χ1) is 9.28. The number of hydrogen-bond acceptors (Lipinski definition) is 4. The molecule has 0 saturated carbocycles. The molecule has 102 valence electrons. The fourth-order valence-corrected chi connectivity index (χ4v) is 3.04. The van der Waals surface area contributed by atoms with Gasteiger partial charge in [0.05, 0.1) is 0 Å². The lowest BCUT2D eigenvalue weighted by molar-refractivity contribution is 0.322. The van der Waals surface area contributed by atoms with Crippen molar-refractivity contribution in [2.24, 2.45) is 0 Å². The lowest BCUT2D eigenvalue weighted by Gasteiger charge is -2.15. The minimum Gasteiger partial charge on any atom is -0.312 e. The molecule has 3 nitrogen and oxygen atoms in total.